The fraction of sp³-hybridized carbons (Fsp3) is 0.261. The Labute approximate surface area is 190 Å². The Kier molecular flexibility index (Phi) is 7.63. The number of hydrogen-bond donors (Lipinski definition) is 2. The Morgan fingerprint density at radius 1 is 1.16 bits per heavy atom. The molecule has 8 nitrogen and oxygen atoms in total. The molecule has 1 aliphatic rings. The second-order valence-corrected chi connectivity index (χ2v) is 7.81. The molecule has 0 fully saturated rings. The largest absolute Gasteiger partial charge is 0.493 e. The van der Waals surface area contributed by atoms with Gasteiger partial charge in [-0.1, -0.05) is 30.0 Å². The van der Waals surface area contributed by atoms with Gasteiger partial charge in [-0.25, -0.2) is 0 Å². The van der Waals surface area contributed by atoms with Crippen LogP contribution in [0, 0.1) is 11.3 Å². The zero-order valence-corrected chi connectivity index (χ0v) is 18.7. The number of benzene rings is 2. The number of nitrogens with one attached hydrogen (secondary N) is 2. The van der Waals surface area contributed by atoms with Gasteiger partial charge in [0.05, 0.1) is 43.8 Å². The summed E-state index contributed by atoms with van der Waals surface area (Å²) in [6.07, 6.45) is 0.0851. The van der Waals surface area contributed by atoms with Crippen LogP contribution < -0.4 is 24.8 Å². The number of carbonyl (C=O) groups excluding carboxylic acids is 2. The highest BCUT2D eigenvalue weighted by molar-refractivity contribution is 8.03. The molecular weight excluding hydrogens is 430 g/mol. The number of nitriles is 1. The van der Waals surface area contributed by atoms with E-state index in [1.54, 1.807) is 24.3 Å². The van der Waals surface area contributed by atoms with Crippen molar-refractivity contribution in [2.45, 2.75) is 12.3 Å². The second-order valence-electron chi connectivity index (χ2n) is 6.82. The molecule has 1 heterocycles. The van der Waals surface area contributed by atoms with Gasteiger partial charge in [0.1, 0.15) is 0 Å². The van der Waals surface area contributed by atoms with Crippen LogP contribution in [0.2, 0.25) is 0 Å². The molecule has 0 radical (unpaired) electrons. The third-order valence-corrected chi connectivity index (χ3v) is 5.87. The number of amides is 2. The van der Waals surface area contributed by atoms with E-state index >= 15 is 0 Å². The fourth-order valence-corrected chi connectivity index (χ4v) is 4.25. The van der Waals surface area contributed by atoms with E-state index in [0.29, 0.717) is 39.1 Å². The van der Waals surface area contributed by atoms with Gasteiger partial charge in [-0.15, -0.1) is 0 Å². The van der Waals surface area contributed by atoms with E-state index < -0.39 is 5.92 Å². The molecule has 0 saturated carbocycles. The molecule has 3 rings (SSSR count). The van der Waals surface area contributed by atoms with Crippen LogP contribution in [-0.4, -0.2) is 38.9 Å². The first-order valence-electron chi connectivity index (χ1n) is 9.72. The molecule has 9 heteroatoms. The highest BCUT2D eigenvalue weighted by atomic mass is 32.2. The quantitative estimate of drug-likeness (QED) is 0.630. The monoisotopic (exact) mass is 453 g/mol. The normalized spacial score (nSPS) is 15.4. The van der Waals surface area contributed by atoms with E-state index in [9.17, 15) is 14.9 Å². The first kappa shape index (κ1) is 23.0. The number of anilines is 1. The first-order valence-corrected chi connectivity index (χ1v) is 10.7. The topological polar surface area (TPSA) is 110 Å². The molecule has 2 N–H and O–H groups in total. The molecule has 32 heavy (non-hydrogen) atoms. The maximum absolute atomic E-state index is 12.4. The number of thioether (sulfide) groups is 1. The number of nitrogens with zero attached hydrogens (tertiary/aromatic N) is 1. The lowest BCUT2D eigenvalue weighted by molar-refractivity contribution is -0.121. The first-order chi connectivity index (χ1) is 15.5. The number of methoxy groups -OCH3 is 3. The van der Waals surface area contributed by atoms with Crippen molar-refractivity contribution in [3.05, 3.63) is 58.6 Å². The lowest BCUT2D eigenvalue weighted by atomic mass is 9.86. The van der Waals surface area contributed by atoms with Gasteiger partial charge >= 0.3 is 0 Å². The number of rotatable bonds is 8. The lowest BCUT2D eigenvalue weighted by Gasteiger charge is -2.26. The number of para-hydroxylation sites is 1. The molecule has 0 aliphatic carbocycles. The average molecular weight is 454 g/mol. The highest BCUT2D eigenvalue weighted by Crippen LogP contribution is 2.44. The van der Waals surface area contributed by atoms with Gasteiger partial charge in [-0.3, -0.25) is 9.59 Å². The van der Waals surface area contributed by atoms with Crippen LogP contribution in [-0.2, 0) is 9.59 Å². The van der Waals surface area contributed by atoms with Crippen molar-refractivity contribution < 1.29 is 23.8 Å². The summed E-state index contributed by atoms with van der Waals surface area (Å²) in [6, 6.07) is 14.7. The van der Waals surface area contributed by atoms with Crippen LogP contribution in [0.1, 0.15) is 17.9 Å². The zero-order chi connectivity index (χ0) is 23.1. The molecule has 1 aliphatic heterocycles. The Bertz CT molecular complexity index is 1050. The Hall–Kier alpha value is -3.64. The van der Waals surface area contributed by atoms with Crippen molar-refractivity contribution in [2.24, 2.45) is 0 Å². The Morgan fingerprint density at radius 3 is 2.38 bits per heavy atom. The van der Waals surface area contributed by atoms with Crippen molar-refractivity contribution >= 4 is 29.3 Å². The Morgan fingerprint density at radius 2 is 1.81 bits per heavy atom. The van der Waals surface area contributed by atoms with Gasteiger partial charge in [0, 0.05) is 18.0 Å². The summed E-state index contributed by atoms with van der Waals surface area (Å²) in [5.74, 6) is 0.334. The maximum Gasteiger partial charge on any atom is 0.234 e. The summed E-state index contributed by atoms with van der Waals surface area (Å²) in [4.78, 5) is 24.8. The van der Waals surface area contributed by atoms with Crippen molar-refractivity contribution in [3.63, 3.8) is 0 Å². The SMILES string of the molecule is COc1cc([C@H]2CC(=O)NC(SCC(=O)Nc3ccccc3)=C2C#N)cc(OC)c1OC. The summed E-state index contributed by atoms with van der Waals surface area (Å²) >= 11 is 1.11. The smallest absolute Gasteiger partial charge is 0.234 e. The number of hydrogen-bond acceptors (Lipinski definition) is 7. The predicted molar refractivity (Wildman–Crippen MR) is 122 cm³/mol. The minimum Gasteiger partial charge on any atom is -0.493 e. The maximum atomic E-state index is 12.4. The van der Waals surface area contributed by atoms with E-state index in [0.717, 1.165) is 11.8 Å². The summed E-state index contributed by atoms with van der Waals surface area (Å²) in [7, 11) is 4.51. The molecule has 0 aromatic heterocycles. The van der Waals surface area contributed by atoms with Crippen LogP contribution >= 0.6 is 11.8 Å². The molecular formula is C23H23N3O5S. The fourth-order valence-electron chi connectivity index (χ4n) is 3.38. The highest BCUT2D eigenvalue weighted by Gasteiger charge is 2.31. The van der Waals surface area contributed by atoms with Crippen LogP contribution in [0.4, 0.5) is 5.69 Å². The standard InChI is InChI=1S/C23H23N3O5S/c1-29-18-9-14(10-19(30-2)22(18)31-3)16-11-20(27)26-23(17(16)12-24)32-13-21(28)25-15-7-5-4-6-8-15/h4-10,16H,11,13H2,1-3H3,(H,25,28)(H,26,27)/t16-/m1/s1. The minimum atomic E-state index is -0.512. The van der Waals surface area contributed by atoms with Gasteiger partial charge in [0.25, 0.3) is 0 Å². The van der Waals surface area contributed by atoms with E-state index in [1.807, 2.05) is 18.2 Å². The second kappa shape index (κ2) is 10.6. The van der Waals surface area contributed by atoms with E-state index in [2.05, 4.69) is 16.7 Å². The molecule has 2 aromatic rings. The summed E-state index contributed by atoms with van der Waals surface area (Å²) < 4.78 is 16.2. The predicted octanol–water partition coefficient (Wildman–Crippen LogP) is 3.42. The van der Waals surface area contributed by atoms with Crippen LogP contribution in [0.5, 0.6) is 17.2 Å². The van der Waals surface area contributed by atoms with Crippen molar-refractivity contribution in [1.82, 2.24) is 5.32 Å². The third kappa shape index (κ3) is 5.15. The van der Waals surface area contributed by atoms with Crippen molar-refractivity contribution in [3.8, 4) is 23.3 Å². The molecule has 0 saturated heterocycles. The van der Waals surface area contributed by atoms with Crippen LogP contribution in [0.25, 0.3) is 0 Å². The average Bonchev–Trinajstić information content (AvgIpc) is 2.81. The van der Waals surface area contributed by atoms with Crippen LogP contribution in [0.3, 0.4) is 0 Å². The molecule has 0 bridgehead atoms. The van der Waals surface area contributed by atoms with Crippen molar-refractivity contribution in [2.75, 3.05) is 32.4 Å². The van der Waals surface area contributed by atoms with E-state index in [4.69, 9.17) is 14.2 Å². The summed E-state index contributed by atoms with van der Waals surface area (Å²) in [5, 5.41) is 15.8. The zero-order valence-electron chi connectivity index (χ0n) is 17.9. The van der Waals surface area contributed by atoms with E-state index in [1.165, 1.54) is 21.3 Å². The minimum absolute atomic E-state index is 0.0393. The number of carbonyl (C=O) groups is 2. The summed E-state index contributed by atoms with van der Waals surface area (Å²) in [6.45, 7) is 0. The lowest BCUT2D eigenvalue weighted by Crippen LogP contribution is -2.31. The van der Waals surface area contributed by atoms with Gasteiger partial charge in [-0.2, -0.15) is 5.26 Å². The van der Waals surface area contributed by atoms with Crippen molar-refractivity contribution in [1.29, 1.82) is 5.26 Å². The molecule has 2 amide bonds. The number of ether oxygens (including phenoxy) is 3. The summed E-state index contributed by atoms with van der Waals surface area (Å²) in [5.41, 5.74) is 1.73. The van der Waals surface area contributed by atoms with Crippen LogP contribution in [0.15, 0.2) is 53.1 Å². The molecule has 0 unspecified atom stereocenters. The number of allylic oxidation sites excluding steroid dienone is 1. The molecule has 0 spiro atoms. The third-order valence-electron chi connectivity index (χ3n) is 4.85. The molecule has 2 aromatic carbocycles. The van der Waals surface area contributed by atoms with Gasteiger partial charge in [0.15, 0.2) is 11.5 Å². The Balaban J connectivity index is 1.87. The van der Waals surface area contributed by atoms with Gasteiger partial charge in [0.2, 0.25) is 17.6 Å². The molecule has 1 atom stereocenters. The van der Waals surface area contributed by atoms with Gasteiger partial charge in [-0.05, 0) is 29.8 Å². The van der Waals surface area contributed by atoms with E-state index in [-0.39, 0.29) is 24.0 Å². The molecule has 166 valence electrons. The van der Waals surface area contributed by atoms with Gasteiger partial charge < -0.3 is 24.8 Å².